The zero-order valence-electron chi connectivity index (χ0n) is 14.8. The molecule has 0 unspecified atom stereocenters. The fourth-order valence-electron chi connectivity index (χ4n) is 2.59. The molecule has 4 N–H and O–H groups in total. The number of primary sulfonamides is 1. The Kier molecular flexibility index (Phi) is 6.75. The van der Waals surface area contributed by atoms with Gasteiger partial charge in [0.15, 0.2) is 0 Å². The third-order valence-electron chi connectivity index (χ3n) is 4.00. The van der Waals surface area contributed by atoms with Crippen LogP contribution in [0.2, 0.25) is 0 Å². The van der Waals surface area contributed by atoms with Crippen molar-refractivity contribution in [2.75, 3.05) is 25.0 Å². The van der Waals surface area contributed by atoms with Crippen molar-refractivity contribution in [3.63, 3.8) is 0 Å². The maximum atomic E-state index is 12.0. The molecule has 11 heteroatoms. The number of anilines is 1. The standard InChI is InChI=1S/C16H22N4O6S/c1-2-26-16(23)20-9-7-12(8-10-20)19-15(22)14(21)18-11-3-5-13(6-4-11)27(17,24)25/h3-6,12H,2,7-10H2,1H3,(H,18,21)(H,19,22)(H2,17,24,25). The minimum atomic E-state index is -3.83. The molecule has 1 aromatic carbocycles. The lowest BCUT2D eigenvalue weighted by atomic mass is 10.1. The molecule has 10 nitrogen and oxygen atoms in total. The van der Waals surface area contributed by atoms with Gasteiger partial charge in [0.25, 0.3) is 0 Å². The van der Waals surface area contributed by atoms with E-state index in [9.17, 15) is 22.8 Å². The Morgan fingerprint density at radius 3 is 2.26 bits per heavy atom. The highest BCUT2D eigenvalue weighted by Gasteiger charge is 2.26. The fraction of sp³-hybridized carbons (Fsp3) is 0.438. The Morgan fingerprint density at radius 1 is 1.15 bits per heavy atom. The summed E-state index contributed by atoms with van der Waals surface area (Å²) in [6, 6.07) is 4.91. The van der Waals surface area contributed by atoms with Crippen molar-refractivity contribution >= 4 is 33.6 Å². The van der Waals surface area contributed by atoms with Gasteiger partial charge in [-0.3, -0.25) is 9.59 Å². The molecule has 1 aliphatic heterocycles. The molecule has 0 atom stereocenters. The van der Waals surface area contributed by atoms with E-state index >= 15 is 0 Å². The molecule has 1 heterocycles. The molecule has 3 amide bonds. The van der Waals surface area contributed by atoms with Gasteiger partial charge in [-0.25, -0.2) is 18.4 Å². The summed E-state index contributed by atoms with van der Waals surface area (Å²) >= 11 is 0. The van der Waals surface area contributed by atoms with Crippen LogP contribution in [0.3, 0.4) is 0 Å². The van der Waals surface area contributed by atoms with Crippen molar-refractivity contribution < 1.29 is 27.5 Å². The summed E-state index contributed by atoms with van der Waals surface area (Å²) in [6.45, 7) is 2.89. The molecule has 148 valence electrons. The maximum Gasteiger partial charge on any atom is 0.409 e. The summed E-state index contributed by atoms with van der Waals surface area (Å²) in [7, 11) is -3.83. The van der Waals surface area contributed by atoms with E-state index in [0.717, 1.165) is 0 Å². The van der Waals surface area contributed by atoms with Crippen LogP contribution >= 0.6 is 0 Å². The summed E-state index contributed by atoms with van der Waals surface area (Å²) in [5.74, 6) is -1.67. The topological polar surface area (TPSA) is 148 Å². The molecule has 2 rings (SSSR count). The van der Waals surface area contributed by atoms with Crippen molar-refractivity contribution in [2.24, 2.45) is 5.14 Å². The number of amides is 3. The lowest BCUT2D eigenvalue weighted by Gasteiger charge is -2.31. The lowest BCUT2D eigenvalue weighted by Crippen LogP contribution is -2.49. The predicted molar refractivity (Wildman–Crippen MR) is 96.2 cm³/mol. The summed E-state index contributed by atoms with van der Waals surface area (Å²) in [4.78, 5) is 37.1. The number of ether oxygens (including phenoxy) is 1. The van der Waals surface area contributed by atoms with Crippen LogP contribution in [0.4, 0.5) is 10.5 Å². The molecule has 0 aliphatic carbocycles. The number of hydrogen-bond acceptors (Lipinski definition) is 6. The van der Waals surface area contributed by atoms with Gasteiger partial charge in [-0.05, 0) is 44.0 Å². The highest BCUT2D eigenvalue weighted by Crippen LogP contribution is 2.14. The van der Waals surface area contributed by atoms with Gasteiger partial charge in [0.2, 0.25) is 10.0 Å². The van der Waals surface area contributed by atoms with Gasteiger partial charge >= 0.3 is 17.9 Å². The van der Waals surface area contributed by atoms with Gasteiger partial charge in [0.05, 0.1) is 11.5 Å². The Labute approximate surface area is 157 Å². The van der Waals surface area contributed by atoms with Gasteiger partial charge in [-0.2, -0.15) is 0 Å². The van der Waals surface area contributed by atoms with Gasteiger partial charge in [0.1, 0.15) is 0 Å². The van der Waals surface area contributed by atoms with Crippen LogP contribution in [-0.4, -0.2) is 57.0 Å². The monoisotopic (exact) mass is 398 g/mol. The molecule has 1 fully saturated rings. The number of nitrogens with zero attached hydrogens (tertiary/aromatic N) is 1. The predicted octanol–water partition coefficient (Wildman–Crippen LogP) is 0.00960. The minimum Gasteiger partial charge on any atom is -0.450 e. The number of nitrogens with two attached hydrogens (primary N) is 1. The van der Waals surface area contributed by atoms with Gasteiger partial charge < -0.3 is 20.3 Å². The normalized spacial score (nSPS) is 15.1. The van der Waals surface area contributed by atoms with Crippen LogP contribution in [-0.2, 0) is 24.3 Å². The molecule has 1 saturated heterocycles. The molecule has 0 aromatic heterocycles. The zero-order valence-corrected chi connectivity index (χ0v) is 15.6. The first-order valence-electron chi connectivity index (χ1n) is 8.37. The molecule has 0 spiro atoms. The van der Waals surface area contributed by atoms with E-state index in [1.165, 1.54) is 24.3 Å². The summed E-state index contributed by atoms with van der Waals surface area (Å²) in [5.41, 5.74) is 0.264. The second-order valence-electron chi connectivity index (χ2n) is 5.96. The molecule has 0 saturated carbocycles. The largest absolute Gasteiger partial charge is 0.450 e. The smallest absolute Gasteiger partial charge is 0.409 e. The Bertz CT molecular complexity index is 801. The highest BCUT2D eigenvalue weighted by molar-refractivity contribution is 7.89. The zero-order chi connectivity index (χ0) is 20.0. The number of rotatable bonds is 4. The molecular weight excluding hydrogens is 376 g/mol. The first-order valence-corrected chi connectivity index (χ1v) is 9.91. The highest BCUT2D eigenvalue weighted by atomic mass is 32.2. The summed E-state index contributed by atoms with van der Waals surface area (Å²) in [6.07, 6.45) is 0.643. The fourth-order valence-corrected chi connectivity index (χ4v) is 3.10. The van der Waals surface area contributed by atoms with Crippen molar-refractivity contribution in [2.45, 2.75) is 30.7 Å². The summed E-state index contributed by atoms with van der Waals surface area (Å²) in [5, 5.41) is 10.00. The first kappa shape index (κ1) is 20.6. The van der Waals surface area contributed by atoms with Crippen molar-refractivity contribution in [3.05, 3.63) is 24.3 Å². The number of carbonyl (C=O) groups is 3. The molecule has 0 bridgehead atoms. The molecule has 0 radical (unpaired) electrons. The summed E-state index contributed by atoms with van der Waals surface area (Å²) < 4.78 is 27.3. The minimum absolute atomic E-state index is 0.0988. The van der Waals surface area contributed by atoms with Crippen LogP contribution < -0.4 is 15.8 Å². The van der Waals surface area contributed by atoms with Gasteiger partial charge in [-0.1, -0.05) is 0 Å². The van der Waals surface area contributed by atoms with E-state index in [4.69, 9.17) is 9.88 Å². The number of likely N-dealkylation sites (tertiary alicyclic amines) is 1. The average molecular weight is 398 g/mol. The average Bonchev–Trinajstić information content (AvgIpc) is 2.62. The number of piperidine rings is 1. The number of benzene rings is 1. The van der Waals surface area contributed by atoms with Crippen LogP contribution in [0.25, 0.3) is 0 Å². The van der Waals surface area contributed by atoms with E-state index in [1.54, 1.807) is 11.8 Å². The van der Waals surface area contributed by atoms with Crippen LogP contribution in [0.5, 0.6) is 0 Å². The van der Waals surface area contributed by atoms with E-state index in [0.29, 0.717) is 32.5 Å². The Hall–Kier alpha value is -2.66. The Balaban J connectivity index is 1.82. The van der Waals surface area contributed by atoms with E-state index in [2.05, 4.69) is 10.6 Å². The maximum absolute atomic E-state index is 12.0. The SMILES string of the molecule is CCOC(=O)N1CCC(NC(=O)C(=O)Nc2ccc(S(N)(=O)=O)cc2)CC1. The van der Waals surface area contributed by atoms with Crippen molar-refractivity contribution in [1.29, 1.82) is 0 Å². The number of sulfonamides is 1. The number of carbonyl (C=O) groups excluding carboxylic acids is 3. The number of hydrogen-bond donors (Lipinski definition) is 3. The second kappa shape index (κ2) is 8.82. The van der Waals surface area contributed by atoms with Gasteiger partial charge in [0, 0.05) is 24.8 Å². The first-order chi connectivity index (χ1) is 12.7. The van der Waals surface area contributed by atoms with E-state index in [1.807, 2.05) is 0 Å². The van der Waals surface area contributed by atoms with Crippen molar-refractivity contribution in [1.82, 2.24) is 10.2 Å². The molecular formula is C16H22N4O6S. The third kappa shape index (κ3) is 5.93. The van der Waals surface area contributed by atoms with E-state index in [-0.39, 0.29) is 22.7 Å². The number of nitrogens with one attached hydrogen (secondary N) is 2. The van der Waals surface area contributed by atoms with E-state index < -0.39 is 21.8 Å². The second-order valence-corrected chi connectivity index (χ2v) is 7.52. The lowest BCUT2D eigenvalue weighted by molar-refractivity contribution is -0.136. The quantitative estimate of drug-likeness (QED) is 0.609. The van der Waals surface area contributed by atoms with Crippen LogP contribution in [0, 0.1) is 0 Å². The Morgan fingerprint density at radius 2 is 1.74 bits per heavy atom. The van der Waals surface area contributed by atoms with Crippen LogP contribution in [0.15, 0.2) is 29.2 Å². The van der Waals surface area contributed by atoms with Crippen LogP contribution in [0.1, 0.15) is 19.8 Å². The molecule has 27 heavy (non-hydrogen) atoms. The third-order valence-corrected chi connectivity index (χ3v) is 4.93. The molecule has 1 aliphatic rings. The van der Waals surface area contributed by atoms with Crippen molar-refractivity contribution in [3.8, 4) is 0 Å². The molecule has 1 aromatic rings. The van der Waals surface area contributed by atoms with Gasteiger partial charge in [-0.15, -0.1) is 0 Å².